The van der Waals surface area contributed by atoms with Gasteiger partial charge in [0.05, 0.1) is 0 Å². The molecule has 2 nitrogen and oxygen atoms in total. The van der Waals surface area contributed by atoms with Crippen molar-refractivity contribution in [1.29, 1.82) is 0 Å². The number of nitrogens with zero attached hydrogens (tertiary/aromatic N) is 2. The number of rotatable bonds is 1. The Bertz CT molecular complexity index is 319. The Morgan fingerprint density at radius 3 is 2.71 bits per heavy atom. The zero-order chi connectivity index (χ0) is 9.97. The van der Waals surface area contributed by atoms with Crippen molar-refractivity contribution < 1.29 is 0 Å². The molecular formula is C11H15IN2. The molecule has 0 aromatic carbocycles. The third-order valence-electron chi connectivity index (χ3n) is 2.77. The standard InChI is InChI=1S/C11H15IN2/c1-9-10(12)5-6-13-11(9)14-7-3-2-4-8-14/h5-6H,2-4,7-8H2,1H3. The molecule has 0 unspecified atom stereocenters. The molecule has 0 N–H and O–H groups in total. The number of piperidine rings is 1. The monoisotopic (exact) mass is 302 g/mol. The fourth-order valence-corrected chi connectivity index (χ4v) is 2.33. The average Bonchev–Trinajstić information content (AvgIpc) is 2.23. The Kier molecular flexibility index (Phi) is 3.26. The van der Waals surface area contributed by atoms with Crippen molar-refractivity contribution in [3.8, 4) is 0 Å². The molecule has 2 heterocycles. The number of pyridine rings is 1. The van der Waals surface area contributed by atoms with Gasteiger partial charge in [0, 0.05) is 28.4 Å². The SMILES string of the molecule is Cc1c(I)ccnc1N1CCCCC1. The predicted molar refractivity (Wildman–Crippen MR) is 67.8 cm³/mol. The number of halogens is 1. The maximum absolute atomic E-state index is 4.48. The lowest BCUT2D eigenvalue weighted by atomic mass is 10.1. The summed E-state index contributed by atoms with van der Waals surface area (Å²) < 4.78 is 1.32. The molecule has 1 aliphatic rings. The first kappa shape index (κ1) is 10.2. The summed E-state index contributed by atoms with van der Waals surface area (Å²) in [6, 6.07) is 2.07. The van der Waals surface area contributed by atoms with Gasteiger partial charge in [0.25, 0.3) is 0 Å². The van der Waals surface area contributed by atoms with Crippen molar-refractivity contribution in [3.63, 3.8) is 0 Å². The zero-order valence-electron chi connectivity index (χ0n) is 8.46. The van der Waals surface area contributed by atoms with Crippen LogP contribution in [0.4, 0.5) is 5.82 Å². The molecule has 3 heteroatoms. The van der Waals surface area contributed by atoms with Crippen LogP contribution in [-0.2, 0) is 0 Å². The summed E-state index contributed by atoms with van der Waals surface area (Å²) in [6.07, 6.45) is 5.91. The van der Waals surface area contributed by atoms with Crippen LogP contribution >= 0.6 is 22.6 Å². The highest BCUT2D eigenvalue weighted by molar-refractivity contribution is 14.1. The van der Waals surface area contributed by atoms with Crippen LogP contribution < -0.4 is 4.90 Å². The van der Waals surface area contributed by atoms with Crippen molar-refractivity contribution in [1.82, 2.24) is 4.98 Å². The molecular weight excluding hydrogens is 287 g/mol. The second-order valence-corrected chi connectivity index (χ2v) is 4.95. The third-order valence-corrected chi connectivity index (χ3v) is 3.94. The topological polar surface area (TPSA) is 16.1 Å². The Hall–Kier alpha value is -0.320. The molecule has 0 saturated carbocycles. The second kappa shape index (κ2) is 4.47. The highest BCUT2D eigenvalue weighted by Crippen LogP contribution is 2.24. The molecule has 1 aromatic rings. The van der Waals surface area contributed by atoms with Gasteiger partial charge in [-0.25, -0.2) is 4.98 Å². The van der Waals surface area contributed by atoms with E-state index in [9.17, 15) is 0 Å². The number of hydrogen-bond acceptors (Lipinski definition) is 2. The lowest BCUT2D eigenvalue weighted by Gasteiger charge is -2.29. The maximum atomic E-state index is 4.48. The molecule has 0 radical (unpaired) electrons. The molecule has 0 bridgehead atoms. The van der Waals surface area contributed by atoms with E-state index in [2.05, 4.69) is 45.5 Å². The van der Waals surface area contributed by atoms with Gasteiger partial charge in [-0.3, -0.25) is 0 Å². The van der Waals surface area contributed by atoms with Crippen molar-refractivity contribution in [2.24, 2.45) is 0 Å². The Balaban J connectivity index is 2.26. The average molecular weight is 302 g/mol. The molecule has 0 spiro atoms. The van der Waals surface area contributed by atoms with Crippen LogP contribution in [0.2, 0.25) is 0 Å². The maximum Gasteiger partial charge on any atom is 0.132 e. The molecule has 76 valence electrons. The number of aromatic nitrogens is 1. The summed E-state index contributed by atoms with van der Waals surface area (Å²) in [5, 5.41) is 0. The molecule has 1 fully saturated rings. The first-order valence-electron chi connectivity index (χ1n) is 5.15. The normalized spacial score (nSPS) is 17.1. The first-order valence-corrected chi connectivity index (χ1v) is 6.23. The van der Waals surface area contributed by atoms with Crippen LogP contribution in [0.25, 0.3) is 0 Å². The highest BCUT2D eigenvalue weighted by Gasteiger charge is 2.14. The molecule has 1 saturated heterocycles. The summed E-state index contributed by atoms with van der Waals surface area (Å²) in [5.74, 6) is 1.19. The first-order chi connectivity index (χ1) is 6.79. The van der Waals surface area contributed by atoms with Gasteiger partial charge in [-0.2, -0.15) is 0 Å². The molecule has 0 amide bonds. The van der Waals surface area contributed by atoms with Gasteiger partial charge >= 0.3 is 0 Å². The summed E-state index contributed by atoms with van der Waals surface area (Å²) >= 11 is 2.38. The van der Waals surface area contributed by atoms with Crippen LogP contribution in [0.1, 0.15) is 24.8 Å². The van der Waals surface area contributed by atoms with Crippen molar-refractivity contribution in [2.75, 3.05) is 18.0 Å². The van der Waals surface area contributed by atoms with E-state index in [1.165, 1.54) is 47.3 Å². The van der Waals surface area contributed by atoms with Gasteiger partial charge < -0.3 is 4.90 Å². The van der Waals surface area contributed by atoms with E-state index in [1.54, 1.807) is 0 Å². The Morgan fingerprint density at radius 2 is 2.00 bits per heavy atom. The van der Waals surface area contributed by atoms with E-state index < -0.39 is 0 Å². The van der Waals surface area contributed by atoms with Crippen LogP contribution in [0.5, 0.6) is 0 Å². The van der Waals surface area contributed by atoms with E-state index in [4.69, 9.17) is 0 Å². The summed E-state index contributed by atoms with van der Waals surface area (Å²) in [4.78, 5) is 6.90. The molecule has 1 aromatic heterocycles. The quantitative estimate of drug-likeness (QED) is 0.741. The largest absolute Gasteiger partial charge is 0.356 e. The van der Waals surface area contributed by atoms with Crippen LogP contribution in [0.15, 0.2) is 12.3 Å². The molecule has 14 heavy (non-hydrogen) atoms. The predicted octanol–water partition coefficient (Wildman–Crippen LogP) is 2.98. The van der Waals surface area contributed by atoms with Crippen LogP contribution in [-0.4, -0.2) is 18.1 Å². The van der Waals surface area contributed by atoms with E-state index in [0.717, 1.165) is 0 Å². The fraction of sp³-hybridized carbons (Fsp3) is 0.545. The lowest BCUT2D eigenvalue weighted by Crippen LogP contribution is -2.30. The minimum atomic E-state index is 1.17. The van der Waals surface area contributed by atoms with E-state index in [0.29, 0.717) is 0 Å². The summed E-state index contributed by atoms with van der Waals surface area (Å²) in [7, 11) is 0. The third kappa shape index (κ3) is 2.02. The van der Waals surface area contributed by atoms with E-state index >= 15 is 0 Å². The van der Waals surface area contributed by atoms with Crippen LogP contribution in [0.3, 0.4) is 0 Å². The zero-order valence-corrected chi connectivity index (χ0v) is 10.6. The molecule has 2 rings (SSSR count). The molecule has 0 atom stereocenters. The van der Waals surface area contributed by atoms with Gasteiger partial charge in [0.15, 0.2) is 0 Å². The fourth-order valence-electron chi connectivity index (χ4n) is 1.93. The Labute approximate surface area is 98.9 Å². The Morgan fingerprint density at radius 1 is 1.29 bits per heavy atom. The molecule has 1 aliphatic heterocycles. The van der Waals surface area contributed by atoms with Gasteiger partial charge in [0.1, 0.15) is 5.82 Å². The minimum Gasteiger partial charge on any atom is -0.356 e. The summed E-state index contributed by atoms with van der Waals surface area (Å²) in [6.45, 7) is 4.51. The highest BCUT2D eigenvalue weighted by atomic mass is 127. The lowest BCUT2D eigenvalue weighted by molar-refractivity contribution is 0.572. The van der Waals surface area contributed by atoms with Gasteiger partial charge in [-0.15, -0.1) is 0 Å². The van der Waals surface area contributed by atoms with Gasteiger partial charge in [0.2, 0.25) is 0 Å². The van der Waals surface area contributed by atoms with Crippen molar-refractivity contribution in [3.05, 3.63) is 21.4 Å². The second-order valence-electron chi connectivity index (χ2n) is 3.79. The van der Waals surface area contributed by atoms with Gasteiger partial charge in [-0.05, 0) is 54.8 Å². The summed E-state index contributed by atoms with van der Waals surface area (Å²) in [5.41, 5.74) is 1.33. The molecule has 0 aliphatic carbocycles. The van der Waals surface area contributed by atoms with E-state index in [1.807, 2.05) is 6.20 Å². The van der Waals surface area contributed by atoms with Gasteiger partial charge in [-0.1, -0.05) is 0 Å². The van der Waals surface area contributed by atoms with Crippen molar-refractivity contribution >= 4 is 28.4 Å². The smallest absolute Gasteiger partial charge is 0.132 e. The number of hydrogen-bond donors (Lipinski definition) is 0. The number of anilines is 1. The van der Waals surface area contributed by atoms with E-state index in [-0.39, 0.29) is 0 Å². The minimum absolute atomic E-state index is 1.17. The van der Waals surface area contributed by atoms with Crippen molar-refractivity contribution in [2.45, 2.75) is 26.2 Å². The van der Waals surface area contributed by atoms with Crippen LogP contribution in [0, 0.1) is 10.5 Å².